The standard InChI is InChI=1S/C32H30FN5O3/c1-40-24-14-12-23(13-15-24)32(21-8-4-2-5-9-21,22-10-6-3-7-11-22)41-18-27-26(17-39)25(16-33)29(27)38-20-37-28-30(34)35-19-36-31(28)38/h2-16,19-20,26-27,29,39H,17-18H2,1H3,(H2,34,35,36)/b25-16+/t26-,27+,29+/m1/s1. The van der Waals surface area contributed by atoms with Crippen LogP contribution in [-0.4, -0.2) is 44.9 Å². The highest BCUT2D eigenvalue weighted by Gasteiger charge is 2.49. The molecule has 1 fully saturated rings. The first-order valence-electron chi connectivity index (χ1n) is 13.4. The summed E-state index contributed by atoms with van der Waals surface area (Å²) in [6, 6.07) is 27.3. The topological polar surface area (TPSA) is 108 Å². The fourth-order valence-corrected chi connectivity index (χ4v) is 5.99. The van der Waals surface area contributed by atoms with E-state index in [9.17, 15) is 9.50 Å². The maximum absolute atomic E-state index is 14.3. The number of anilines is 1. The largest absolute Gasteiger partial charge is 0.497 e. The molecular weight excluding hydrogens is 521 g/mol. The van der Waals surface area contributed by atoms with Crippen molar-refractivity contribution in [1.82, 2.24) is 19.5 Å². The molecule has 3 atom stereocenters. The third-order valence-corrected chi connectivity index (χ3v) is 8.05. The van der Waals surface area contributed by atoms with Crippen LogP contribution in [0.2, 0.25) is 0 Å². The number of aromatic nitrogens is 4. The molecule has 3 N–H and O–H groups in total. The predicted molar refractivity (Wildman–Crippen MR) is 154 cm³/mol. The Kier molecular flexibility index (Phi) is 7.21. The molecule has 3 aromatic carbocycles. The molecule has 2 aromatic heterocycles. The number of nitrogens with zero attached hydrogens (tertiary/aromatic N) is 4. The summed E-state index contributed by atoms with van der Waals surface area (Å²) in [5, 5.41) is 10.3. The first kappa shape index (κ1) is 26.6. The molecule has 1 aliphatic rings. The van der Waals surface area contributed by atoms with Crippen LogP contribution in [0.3, 0.4) is 0 Å². The van der Waals surface area contributed by atoms with Gasteiger partial charge in [0.15, 0.2) is 11.5 Å². The second kappa shape index (κ2) is 11.1. The number of nitrogen functional groups attached to an aromatic ring is 1. The monoisotopic (exact) mass is 551 g/mol. The molecule has 0 unspecified atom stereocenters. The van der Waals surface area contributed by atoms with Crippen molar-refractivity contribution in [1.29, 1.82) is 0 Å². The number of hydrogen-bond donors (Lipinski definition) is 2. The Bertz CT molecular complexity index is 1620. The van der Waals surface area contributed by atoms with Gasteiger partial charge in [0, 0.05) is 11.8 Å². The number of rotatable bonds is 9. The second-order valence-corrected chi connectivity index (χ2v) is 10.0. The van der Waals surface area contributed by atoms with Crippen LogP contribution in [0.1, 0.15) is 22.7 Å². The molecule has 6 rings (SSSR count). The summed E-state index contributed by atoms with van der Waals surface area (Å²) in [6.45, 7) is -0.0282. The summed E-state index contributed by atoms with van der Waals surface area (Å²) in [5.41, 5.74) is 9.18. The number of aliphatic hydroxyl groups excluding tert-OH is 1. The van der Waals surface area contributed by atoms with Gasteiger partial charge in [-0.2, -0.15) is 0 Å². The van der Waals surface area contributed by atoms with Crippen LogP contribution >= 0.6 is 0 Å². The van der Waals surface area contributed by atoms with E-state index in [-0.39, 0.29) is 24.9 Å². The smallest absolute Gasteiger partial charge is 0.165 e. The zero-order valence-electron chi connectivity index (χ0n) is 22.5. The molecule has 0 spiro atoms. The zero-order valence-corrected chi connectivity index (χ0v) is 22.5. The molecule has 208 valence electrons. The van der Waals surface area contributed by atoms with Gasteiger partial charge in [-0.15, -0.1) is 0 Å². The fourth-order valence-electron chi connectivity index (χ4n) is 5.99. The Morgan fingerprint density at radius 2 is 1.56 bits per heavy atom. The lowest BCUT2D eigenvalue weighted by atomic mass is 9.65. The predicted octanol–water partition coefficient (Wildman–Crippen LogP) is 5.06. The van der Waals surface area contributed by atoms with E-state index in [0.29, 0.717) is 23.1 Å². The number of hydrogen-bond acceptors (Lipinski definition) is 7. The summed E-state index contributed by atoms with van der Waals surface area (Å²) in [7, 11) is 1.63. The van der Waals surface area contributed by atoms with Gasteiger partial charge in [0.05, 0.1) is 39.0 Å². The summed E-state index contributed by atoms with van der Waals surface area (Å²) in [5.74, 6) is 0.244. The summed E-state index contributed by atoms with van der Waals surface area (Å²) in [4.78, 5) is 12.8. The molecule has 8 nitrogen and oxygen atoms in total. The molecule has 0 amide bonds. The third kappa shape index (κ3) is 4.43. The average Bonchev–Trinajstić information content (AvgIpc) is 3.44. The van der Waals surface area contributed by atoms with E-state index in [1.807, 2.05) is 84.9 Å². The van der Waals surface area contributed by atoms with Gasteiger partial charge in [0.1, 0.15) is 23.2 Å². The van der Waals surface area contributed by atoms with Crippen molar-refractivity contribution in [2.75, 3.05) is 26.1 Å². The lowest BCUT2D eigenvalue weighted by Crippen LogP contribution is -2.47. The van der Waals surface area contributed by atoms with Gasteiger partial charge in [-0.3, -0.25) is 0 Å². The molecule has 0 bridgehead atoms. The number of benzene rings is 3. The number of aliphatic hydroxyl groups is 1. The summed E-state index contributed by atoms with van der Waals surface area (Å²) >= 11 is 0. The van der Waals surface area contributed by atoms with Crippen LogP contribution in [0.15, 0.2) is 109 Å². The van der Waals surface area contributed by atoms with E-state index in [1.165, 1.54) is 6.33 Å². The highest BCUT2D eigenvalue weighted by Crippen LogP contribution is 2.52. The van der Waals surface area contributed by atoms with Gasteiger partial charge in [-0.1, -0.05) is 72.8 Å². The minimum atomic E-state index is -1.00. The molecule has 9 heteroatoms. The van der Waals surface area contributed by atoms with Gasteiger partial charge in [-0.25, -0.2) is 19.3 Å². The van der Waals surface area contributed by atoms with Crippen molar-refractivity contribution < 1.29 is 19.0 Å². The molecule has 1 aliphatic carbocycles. The zero-order chi connectivity index (χ0) is 28.4. The van der Waals surface area contributed by atoms with Crippen LogP contribution in [0, 0.1) is 11.8 Å². The van der Waals surface area contributed by atoms with Crippen LogP contribution in [0.4, 0.5) is 10.2 Å². The van der Waals surface area contributed by atoms with Crippen molar-refractivity contribution >= 4 is 17.0 Å². The second-order valence-electron chi connectivity index (χ2n) is 10.0. The fraction of sp³-hybridized carbons (Fsp3) is 0.219. The van der Waals surface area contributed by atoms with Crippen molar-refractivity contribution in [3.63, 3.8) is 0 Å². The average molecular weight is 552 g/mol. The number of methoxy groups -OCH3 is 1. The first-order valence-corrected chi connectivity index (χ1v) is 13.4. The SMILES string of the molecule is COc1ccc(C(OC[C@H]2[C@H](CO)/C(=C\F)[C@@H]2n2cnc3c(N)ncnc32)(c2ccccc2)c2ccccc2)cc1. The number of nitrogens with two attached hydrogens (primary N) is 1. The first-order chi connectivity index (χ1) is 20.1. The Balaban J connectivity index is 1.46. The minimum absolute atomic E-state index is 0.198. The van der Waals surface area contributed by atoms with Gasteiger partial charge >= 0.3 is 0 Å². The van der Waals surface area contributed by atoms with Crippen molar-refractivity contribution in [2.24, 2.45) is 11.8 Å². The Morgan fingerprint density at radius 3 is 2.15 bits per heavy atom. The molecular formula is C32H30FN5O3. The third-order valence-electron chi connectivity index (χ3n) is 8.05. The quantitative estimate of drug-likeness (QED) is 0.247. The molecule has 41 heavy (non-hydrogen) atoms. The number of ether oxygens (including phenoxy) is 2. The highest BCUT2D eigenvalue weighted by molar-refractivity contribution is 5.81. The molecule has 0 radical (unpaired) electrons. The van der Waals surface area contributed by atoms with Gasteiger partial charge in [-0.05, 0) is 34.4 Å². The number of imidazole rings is 1. The van der Waals surface area contributed by atoms with Gasteiger partial charge in [0.2, 0.25) is 0 Å². The highest BCUT2D eigenvalue weighted by atomic mass is 19.1. The van der Waals surface area contributed by atoms with Crippen LogP contribution < -0.4 is 10.5 Å². The molecule has 0 aliphatic heterocycles. The van der Waals surface area contributed by atoms with Gasteiger partial charge < -0.3 is 24.9 Å². The minimum Gasteiger partial charge on any atom is -0.497 e. The maximum atomic E-state index is 14.3. The van der Waals surface area contributed by atoms with E-state index >= 15 is 0 Å². The van der Waals surface area contributed by atoms with E-state index < -0.39 is 17.6 Å². The summed E-state index contributed by atoms with van der Waals surface area (Å²) in [6.07, 6.45) is 3.53. The lowest BCUT2D eigenvalue weighted by molar-refractivity contribution is -0.0510. The maximum Gasteiger partial charge on any atom is 0.165 e. The van der Waals surface area contributed by atoms with E-state index in [1.54, 1.807) is 18.0 Å². The van der Waals surface area contributed by atoms with E-state index in [0.717, 1.165) is 22.4 Å². The van der Waals surface area contributed by atoms with Crippen molar-refractivity contribution in [3.8, 4) is 5.75 Å². The molecule has 2 heterocycles. The van der Waals surface area contributed by atoms with E-state index in [4.69, 9.17) is 15.2 Å². The number of fused-ring (bicyclic) bond motifs is 1. The normalized spacial score (nSPS) is 19.8. The molecule has 1 saturated carbocycles. The number of halogens is 1. The Hall–Kier alpha value is -4.60. The van der Waals surface area contributed by atoms with Gasteiger partial charge in [0.25, 0.3) is 0 Å². The van der Waals surface area contributed by atoms with E-state index in [2.05, 4.69) is 15.0 Å². The van der Waals surface area contributed by atoms with Crippen molar-refractivity contribution in [3.05, 3.63) is 126 Å². The van der Waals surface area contributed by atoms with Crippen LogP contribution in [-0.2, 0) is 10.3 Å². The molecule has 0 saturated heterocycles. The Morgan fingerprint density at radius 1 is 0.927 bits per heavy atom. The summed E-state index contributed by atoms with van der Waals surface area (Å²) < 4.78 is 28.6. The Labute approximate surface area is 236 Å². The van der Waals surface area contributed by atoms with Crippen molar-refractivity contribution in [2.45, 2.75) is 11.6 Å². The molecule has 5 aromatic rings. The van der Waals surface area contributed by atoms with Crippen LogP contribution in [0.5, 0.6) is 5.75 Å². The lowest BCUT2D eigenvalue weighted by Gasteiger charge is -2.48. The van der Waals surface area contributed by atoms with Crippen LogP contribution in [0.25, 0.3) is 11.2 Å².